The fourth-order valence-corrected chi connectivity index (χ4v) is 2.98. The highest BCUT2D eigenvalue weighted by Gasteiger charge is 2.34. The molecule has 1 aromatic rings. The van der Waals surface area contributed by atoms with Crippen LogP contribution in [0.15, 0.2) is 16.6 Å². The van der Waals surface area contributed by atoms with Crippen LogP contribution < -0.4 is 0 Å². The predicted octanol–water partition coefficient (Wildman–Crippen LogP) is 4.31. The standard InChI is InChI=1S/C13H14BrClF2O/c14-10-2-3-11(16)9(12(10)17)6-13(7-15)4-1-5-18-8-13/h2-3H,1,4-8H2. The van der Waals surface area contributed by atoms with Gasteiger partial charge in [0.25, 0.3) is 0 Å². The zero-order chi connectivity index (χ0) is 13.2. The van der Waals surface area contributed by atoms with Crippen LogP contribution in [0, 0.1) is 17.0 Å². The van der Waals surface area contributed by atoms with Crippen LogP contribution in [0.5, 0.6) is 0 Å². The maximum Gasteiger partial charge on any atom is 0.143 e. The summed E-state index contributed by atoms with van der Waals surface area (Å²) in [5.74, 6) is -0.714. The summed E-state index contributed by atoms with van der Waals surface area (Å²) in [4.78, 5) is 0. The SMILES string of the molecule is Fc1ccc(Br)c(F)c1CC1(CCl)CCCOC1. The molecule has 1 unspecified atom stereocenters. The van der Waals surface area contributed by atoms with Gasteiger partial charge in [0.1, 0.15) is 11.6 Å². The normalized spacial score (nSPS) is 24.2. The molecular formula is C13H14BrClF2O. The predicted molar refractivity (Wildman–Crippen MR) is 71.0 cm³/mol. The summed E-state index contributed by atoms with van der Waals surface area (Å²) in [6.45, 7) is 1.16. The van der Waals surface area contributed by atoms with Crippen molar-refractivity contribution in [3.05, 3.63) is 33.8 Å². The highest BCUT2D eigenvalue weighted by Crippen LogP contribution is 2.36. The Kier molecular flexibility index (Phi) is 4.62. The number of benzene rings is 1. The van der Waals surface area contributed by atoms with Gasteiger partial charge in [0.15, 0.2) is 0 Å². The molecule has 0 N–H and O–H groups in total. The smallest absolute Gasteiger partial charge is 0.143 e. The molecule has 0 aromatic heterocycles. The van der Waals surface area contributed by atoms with Gasteiger partial charge in [-0.1, -0.05) is 0 Å². The van der Waals surface area contributed by atoms with Gasteiger partial charge in [0.2, 0.25) is 0 Å². The molecule has 1 atom stereocenters. The van der Waals surface area contributed by atoms with Crippen LogP contribution in [0.3, 0.4) is 0 Å². The summed E-state index contributed by atoms with van der Waals surface area (Å²) in [5, 5.41) is 0. The van der Waals surface area contributed by atoms with Crippen molar-refractivity contribution in [2.75, 3.05) is 19.1 Å². The van der Waals surface area contributed by atoms with E-state index in [0.717, 1.165) is 12.8 Å². The molecule has 1 aromatic carbocycles. The first kappa shape index (κ1) is 14.2. The third-order valence-electron chi connectivity index (χ3n) is 3.38. The largest absolute Gasteiger partial charge is 0.381 e. The van der Waals surface area contributed by atoms with Gasteiger partial charge in [-0.05, 0) is 47.3 Å². The zero-order valence-electron chi connectivity index (χ0n) is 9.82. The number of alkyl halides is 1. The summed E-state index contributed by atoms with van der Waals surface area (Å²) in [5.41, 5.74) is -0.266. The van der Waals surface area contributed by atoms with Crippen molar-refractivity contribution in [1.29, 1.82) is 0 Å². The second-order valence-electron chi connectivity index (χ2n) is 4.79. The Hall–Kier alpha value is -0.190. The second-order valence-corrected chi connectivity index (χ2v) is 5.91. The van der Waals surface area contributed by atoms with Crippen LogP contribution >= 0.6 is 27.5 Å². The summed E-state index contributed by atoms with van der Waals surface area (Å²) in [7, 11) is 0. The van der Waals surface area contributed by atoms with Crippen LogP contribution in [0.1, 0.15) is 18.4 Å². The van der Waals surface area contributed by atoms with Crippen molar-refractivity contribution in [2.45, 2.75) is 19.3 Å². The molecular weight excluding hydrogens is 325 g/mol. The van der Waals surface area contributed by atoms with Crippen LogP contribution in [0.25, 0.3) is 0 Å². The highest BCUT2D eigenvalue weighted by molar-refractivity contribution is 9.10. The topological polar surface area (TPSA) is 9.23 Å². The Morgan fingerprint density at radius 1 is 1.39 bits per heavy atom. The Labute approximate surface area is 119 Å². The molecule has 0 saturated carbocycles. The Bertz CT molecular complexity index is 433. The maximum absolute atomic E-state index is 14.0. The molecule has 0 aliphatic carbocycles. The third-order valence-corrected chi connectivity index (χ3v) is 4.56. The summed E-state index contributed by atoms with van der Waals surface area (Å²) in [6, 6.07) is 2.65. The molecule has 0 radical (unpaired) electrons. The molecule has 100 valence electrons. The monoisotopic (exact) mass is 338 g/mol. The van der Waals surface area contributed by atoms with Gasteiger partial charge in [-0.2, -0.15) is 0 Å². The van der Waals surface area contributed by atoms with Gasteiger partial charge in [-0.25, -0.2) is 8.78 Å². The van der Waals surface area contributed by atoms with E-state index in [1.807, 2.05) is 0 Å². The first-order valence-corrected chi connectivity index (χ1v) is 7.17. The van der Waals surface area contributed by atoms with Crippen LogP contribution in [-0.4, -0.2) is 19.1 Å². The van der Waals surface area contributed by atoms with Gasteiger partial charge < -0.3 is 4.74 Å². The van der Waals surface area contributed by atoms with Crippen molar-refractivity contribution in [3.8, 4) is 0 Å². The minimum absolute atomic E-state index is 0.0931. The van der Waals surface area contributed by atoms with Gasteiger partial charge >= 0.3 is 0 Å². The molecule has 1 fully saturated rings. The molecule has 2 rings (SSSR count). The fraction of sp³-hybridized carbons (Fsp3) is 0.538. The van der Waals surface area contributed by atoms with E-state index in [-0.39, 0.29) is 21.9 Å². The van der Waals surface area contributed by atoms with Crippen molar-refractivity contribution in [3.63, 3.8) is 0 Å². The van der Waals surface area contributed by atoms with E-state index < -0.39 is 11.6 Å². The van der Waals surface area contributed by atoms with Crippen molar-refractivity contribution >= 4 is 27.5 Å². The average molecular weight is 340 g/mol. The van der Waals surface area contributed by atoms with Crippen molar-refractivity contribution in [2.24, 2.45) is 5.41 Å². The number of ether oxygens (including phenoxy) is 1. The zero-order valence-corrected chi connectivity index (χ0v) is 12.2. The molecule has 18 heavy (non-hydrogen) atoms. The quantitative estimate of drug-likeness (QED) is 0.589. The van der Waals surface area contributed by atoms with Crippen LogP contribution in [0.4, 0.5) is 8.78 Å². The lowest BCUT2D eigenvalue weighted by Gasteiger charge is -2.35. The lowest BCUT2D eigenvalue weighted by molar-refractivity contribution is 0.00398. The van der Waals surface area contributed by atoms with Gasteiger partial charge in [-0.3, -0.25) is 0 Å². The van der Waals surface area contributed by atoms with E-state index in [0.29, 0.717) is 19.1 Å². The minimum atomic E-state index is -0.537. The summed E-state index contributed by atoms with van der Waals surface area (Å²) < 4.78 is 33.4. The molecule has 1 aliphatic rings. The lowest BCUT2D eigenvalue weighted by atomic mass is 9.79. The van der Waals surface area contributed by atoms with E-state index in [1.165, 1.54) is 12.1 Å². The molecule has 1 aliphatic heterocycles. The van der Waals surface area contributed by atoms with E-state index in [2.05, 4.69) is 15.9 Å². The Balaban J connectivity index is 2.29. The minimum Gasteiger partial charge on any atom is -0.381 e. The van der Waals surface area contributed by atoms with Gasteiger partial charge in [0.05, 0.1) is 11.1 Å². The van der Waals surface area contributed by atoms with E-state index >= 15 is 0 Å². The van der Waals surface area contributed by atoms with Gasteiger partial charge in [-0.15, -0.1) is 11.6 Å². The molecule has 5 heteroatoms. The van der Waals surface area contributed by atoms with Gasteiger partial charge in [0, 0.05) is 23.5 Å². The summed E-state index contributed by atoms with van der Waals surface area (Å²) >= 11 is 9.07. The maximum atomic E-state index is 14.0. The fourth-order valence-electron chi connectivity index (χ4n) is 2.31. The molecule has 0 amide bonds. The molecule has 1 saturated heterocycles. The molecule has 1 nitrogen and oxygen atoms in total. The molecule has 1 heterocycles. The highest BCUT2D eigenvalue weighted by atomic mass is 79.9. The van der Waals surface area contributed by atoms with Crippen molar-refractivity contribution < 1.29 is 13.5 Å². The Morgan fingerprint density at radius 3 is 2.78 bits per heavy atom. The van der Waals surface area contributed by atoms with E-state index in [9.17, 15) is 8.78 Å². The third kappa shape index (κ3) is 2.86. The van der Waals surface area contributed by atoms with Crippen LogP contribution in [0.2, 0.25) is 0 Å². The Morgan fingerprint density at radius 2 is 2.17 bits per heavy atom. The average Bonchev–Trinajstić information content (AvgIpc) is 2.40. The number of hydrogen-bond acceptors (Lipinski definition) is 1. The van der Waals surface area contributed by atoms with Crippen LogP contribution in [-0.2, 0) is 11.2 Å². The number of rotatable bonds is 3. The molecule has 0 spiro atoms. The van der Waals surface area contributed by atoms with Crippen molar-refractivity contribution in [1.82, 2.24) is 0 Å². The van der Waals surface area contributed by atoms with E-state index in [4.69, 9.17) is 16.3 Å². The first-order valence-electron chi connectivity index (χ1n) is 5.84. The summed E-state index contributed by atoms with van der Waals surface area (Å²) in [6.07, 6.45) is 1.99. The number of halogens is 4. The first-order chi connectivity index (χ1) is 8.58. The second kappa shape index (κ2) is 5.85. The lowest BCUT2D eigenvalue weighted by Crippen LogP contribution is -2.36. The number of hydrogen-bond donors (Lipinski definition) is 0. The van der Waals surface area contributed by atoms with E-state index in [1.54, 1.807) is 0 Å². The molecule has 0 bridgehead atoms.